The van der Waals surface area contributed by atoms with E-state index in [1.54, 1.807) is 0 Å². The molecule has 0 spiro atoms. The lowest BCUT2D eigenvalue weighted by molar-refractivity contribution is 0.109. The second-order valence-electron chi connectivity index (χ2n) is 7.02. The molecule has 0 amide bonds. The standard InChI is InChI=1S/C19H33N3S/c1-20(2)12-6-13-21(3)18-7-5-14-22(16-18)15-17-8-10-19(23-4)11-9-17/h8-11,18H,5-7,12-16H2,1-4H3. The van der Waals surface area contributed by atoms with Crippen molar-refractivity contribution in [1.29, 1.82) is 0 Å². The van der Waals surface area contributed by atoms with Gasteiger partial charge in [0.15, 0.2) is 0 Å². The highest BCUT2D eigenvalue weighted by molar-refractivity contribution is 7.98. The van der Waals surface area contributed by atoms with Crippen LogP contribution in [-0.2, 0) is 6.54 Å². The summed E-state index contributed by atoms with van der Waals surface area (Å²) in [5, 5.41) is 0. The van der Waals surface area contributed by atoms with Gasteiger partial charge in [0.1, 0.15) is 0 Å². The van der Waals surface area contributed by atoms with E-state index < -0.39 is 0 Å². The van der Waals surface area contributed by atoms with Crippen molar-refractivity contribution in [3.8, 4) is 0 Å². The van der Waals surface area contributed by atoms with Crippen LogP contribution in [-0.4, -0.2) is 74.3 Å². The zero-order chi connectivity index (χ0) is 16.7. The van der Waals surface area contributed by atoms with Crippen LogP contribution in [0.2, 0.25) is 0 Å². The van der Waals surface area contributed by atoms with Crippen molar-refractivity contribution in [2.75, 3.05) is 53.6 Å². The number of thioether (sulfide) groups is 1. The van der Waals surface area contributed by atoms with Crippen LogP contribution in [0.3, 0.4) is 0 Å². The zero-order valence-electron chi connectivity index (χ0n) is 15.3. The Bertz CT molecular complexity index is 446. The predicted octanol–water partition coefficient (Wildman–Crippen LogP) is 3.26. The summed E-state index contributed by atoms with van der Waals surface area (Å²) in [7, 11) is 6.62. The normalized spacial score (nSPS) is 19.7. The molecule has 130 valence electrons. The minimum Gasteiger partial charge on any atom is -0.309 e. The summed E-state index contributed by atoms with van der Waals surface area (Å²) >= 11 is 1.81. The van der Waals surface area contributed by atoms with Gasteiger partial charge >= 0.3 is 0 Å². The molecule has 0 bridgehead atoms. The van der Waals surface area contributed by atoms with E-state index in [4.69, 9.17) is 0 Å². The van der Waals surface area contributed by atoms with Gasteiger partial charge in [0.05, 0.1) is 0 Å². The SMILES string of the molecule is CSc1ccc(CN2CCCC(N(C)CCCN(C)C)C2)cc1. The molecular formula is C19H33N3S. The number of hydrogen-bond donors (Lipinski definition) is 0. The Balaban J connectivity index is 1.80. The fraction of sp³-hybridized carbons (Fsp3) is 0.684. The molecule has 0 N–H and O–H groups in total. The third kappa shape index (κ3) is 6.46. The Morgan fingerprint density at radius 1 is 1.13 bits per heavy atom. The van der Waals surface area contributed by atoms with Crippen molar-refractivity contribution in [2.45, 2.75) is 36.7 Å². The van der Waals surface area contributed by atoms with E-state index in [9.17, 15) is 0 Å². The minimum atomic E-state index is 0.719. The van der Waals surface area contributed by atoms with Gasteiger partial charge < -0.3 is 9.80 Å². The van der Waals surface area contributed by atoms with Crippen LogP contribution in [0, 0.1) is 0 Å². The van der Waals surface area contributed by atoms with Crippen molar-refractivity contribution in [3.63, 3.8) is 0 Å². The van der Waals surface area contributed by atoms with Crippen molar-refractivity contribution in [2.24, 2.45) is 0 Å². The van der Waals surface area contributed by atoms with Crippen molar-refractivity contribution in [1.82, 2.24) is 14.7 Å². The van der Waals surface area contributed by atoms with E-state index in [-0.39, 0.29) is 0 Å². The van der Waals surface area contributed by atoms with E-state index >= 15 is 0 Å². The van der Waals surface area contributed by atoms with E-state index in [1.165, 1.54) is 55.9 Å². The van der Waals surface area contributed by atoms with Gasteiger partial charge in [-0.3, -0.25) is 4.90 Å². The first-order valence-corrected chi connectivity index (χ1v) is 10.0. The van der Waals surface area contributed by atoms with Gasteiger partial charge in [0.2, 0.25) is 0 Å². The molecule has 1 saturated heterocycles. The third-order valence-corrected chi connectivity index (χ3v) is 5.53. The molecule has 1 aromatic rings. The molecular weight excluding hydrogens is 302 g/mol. The summed E-state index contributed by atoms with van der Waals surface area (Å²) in [5.74, 6) is 0. The van der Waals surface area contributed by atoms with Crippen LogP contribution in [0.5, 0.6) is 0 Å². The number of piperidine rings is 1. The summed E-state index contributed by atoms with van der Waals surface area (Å²) in [5.41, 5.74) is 1.44. The van der Waals surface area contributed by atoms with Gasteiger partial charge in [-0.1, -0.05) is 12.1 Å². The highest BCUT2D eigenvalue weighted by atomic mass is 32.2. The molecule has 4 heteroatoms. The molecule has 1 fully saturated rings. The second-order valence-corrected chi connectivity index (χ2v) is 7.90. The Morgan fingerprint density at radius 3 is 2.52 bits per heavy atom. The molecule has 2 rings (SSSR count). The maximum Gasteiger partial charge on any atom is 0.0234 e. The number of rotatable bonds is 8. The Labute approximate surface area is 147 Å². The Hall–Kier alpha value is -0.550. The quantitative estimate of drug-likeness (QED) is 0.674. The average molecular weight is 336 g/mol. The lowest BCUT2D eigenvalue weighted by Gasteiger charge is -2.38. The lowest BCUT2D eigenvalue weighted by Crippen LogP contribution is -2.46. The number of likely N-dealkylation sites (N-methyl/N-ethyl adjacent to an activating group) is 1. The summed E-state index contributed by atoms with van der Waals surface area (Å²) in [6, 6.07) is 9.78. The molecule has 1 aromatic carbocycles. The fourth-order valence-electron chi connectivity index (χ4n) is 3.34. The van der Waals surface area contributed by atoms with Crippen LogP contribution in [0.1, 0.15) is 24.8 Å². The van der Waals surface area contributed by atoms with E-state index in [0.717, 1.165) is 12.6 Å². The maximum absolute atomic E-state index is 2.63. The number of benzene rings is 1. The maximum atomic E-state index is 2.63. The summed E-state index contributed by atoms with van der Waals surface area (Å²) in [6.45, 7) is 5.94. The van der Waals surface area contributed by atoms with Crippen LogP contribution in [0.25, 0.3) is 0 Å². The molecule has 1 atom stereocenters. The topological polar surface area (TPSA) is 9.72 Å². The van der Waals surface area contributed by atoms with E-state index in [0.29, 0.717) is 0 Å². The average Bonchev–Trinajstić information content (AvgIpc) is 2.55. The van der Waals surface area contributed by atoms with Crippen LogP contribution in [0.4, 0.5) is 0 Å². The smallest absolute Gasteiger partial charge is 0.0234 e. The first kappa shape index (κ1) is 18.8. The van der Waals surface area contributed by atoms with E-state index in [2.05, 4.69) is 66.4 Å². The molecule has 1 unspecified atom stereocenters. The molecule has 1 heterocycles. The number of nitrogens with zero attached hydrogens (tertiary/aromatic N) is 3. The van der Waals surface area contributed by atoms with Crippen LogP contribution in [0.15, 0.2) is 29.2 Å². The summed E-state index contributed by atoms with van der Waals surface area (Å²) in [6.07, 6.45) is 6.07. The molecule has 3 nitrogen and oxygen atoms in total. The van der Waals surface area contributed by atoms with Gasteiger partial charge in [-0.25, -0.2) is 0 Å². The van der Waals surface area contributed by atoms with Crippen molar-refractivity contribution >= 4 is 11.8 Å². The van der Waals surface area contributed by atoms with Gasteiger partial charge in [-0.05, 0) is 84.0 Å². The molecule has 23 heavy (non-hydrogen) atoms. The first-order chi connectivity index (χ1) is 11.1. The first-order valence-electron chi connectivity index (χ1n) is 8.78. The molecule has 0 aliphatic carbocycles. The predicted molar refractivity (Wildman–Crippen MR) is 102 cm³/mol. The van der Waals surface area contributed by atoms with E-state index in [1.807, 2.05) is 11.8 Å². The highest BCUT2D eigenvalue weighted by Crippen LogP contribution is 2.19. The zero-order valence-corrected chi connectivity index (χ0v) is 16.1. The number of hydrogen-bond acceptors (Lipinski definition) is 4. The lowest BCUT2D eigenvalue weighted by atomic mass is 10.0. The van der Waals surface area contributed by atoms with Crippen molar-refractivity contribution < 1.29 is 0 Å². The molecule has 1 aliphatic rings. The third-order valence-electron chi connectivity index (χ3n) is 4.79. The highest BCUT2D eigenvalue weighted by Gasteiger charge is 2.22. The van der Waals surface area contributed by atoms with Gasteiger partial charge in [-0.2, -0.15) is 0 Å². The second kappa shape index (κ2) is 9.67. The summed E-state index contributed by atoms with van der Waals surface area (Å²) in [4.78, 5) is 8.84. The Kier molecular flexibility index (Phi) is 7.90. The van der Waals surface area contributed by atoms with Crippen LogP contribution >= 0.6 is 11.8 Å². The van der Waals surface area contributed by atoms with Gasteiger partial charge in [0, 0.05) is 24.0 Å². The van der Waals surface area contributed by atoms with Crippen LogP contribution < -0.4 is 0 Å². The summed E-state index contributed by atoms with van der Waals surface area (Å²) < 4.78 is 0. The largest absolute Gasteiger partial charge is 0.309 e. The molecule has 1 aliphatic heterocycles. The molecule has 0 aromatic heterocycles. The Morgan fingerprint density at radius 2 is 1.87 bits per heavy atom. The van der Waals surface area contributed by atoms with Gasteiger partial charge in [-0.15, -0.1) is 11.8 Å². The van der Waals surface area contributed by atoms with Gasteiger partial charge in [0.25, 0.3) is 0 Å². The molecule has 0 saturated carbocycles. The van der Waals surface area contributed by atoms with Crippen molar-refractivity contribution in [3.05, 3.63) is 29.8 Å². The monoisotopic (exact) mass is 335 g/mol. The minimum absolute atomic E-state index is 0.719. The number of likely N-dealkylation sites (tertiary alicyclic amines) is 1. The fourth-order valence-corrected chi connectivity index (χ4v) is 3.75. The molecule has 0 radical (unpaired) electrons.